The highest BCUT2D eigenvalue weighted by Crippen LogP contribution is 2.32. The minimum atomic E-state index is -0.0894. The molecule has 0 aromatic rings. The van der Waals surface area contributed by atoms with Gasteiger partial charge in [0.15, 0.2) is 0 Å². The van der Waals surface area contributed by atoms with Crippen molar-refractivity contribution in [3.63, 3.8) is 0 Å². The lowest BCUT2D eigenvalue weighted by Crippen LogP contribution is -2.62. The quantitative estimate of drug-likeness (QED) is 0.595. The van der Waals surface area contributed by atoms with Crippen LogP contribution in [-0.4, -0.2) is 49.2 Å². The summed E-state index contributed by atoms with van der Waals surface area (Å²) in [5.41, 5.74) is -0.0894. The van der Waals surface area contributed by atoms with E-state index < -0.39 is 0 Å². The highest BCUT2D eigenvalue weighted by atomic mass is 16.5. The Kier molecular flexibility index (Phi) is 2.49. The highest BCUT2D eigenvalue weighted by molar-refractivity contribution is 5.78. The van der Waals surface area contributed by atoms with Gasteiger partial charge in [0.2, 0.25) is 5.91 Å². The molecular formula is C10H18N2O2. The summed E-state index contributed by atoms with van der Waals surface area (Å²) in [4.78, 5) is 13.2. The van der Waals surface area contributed by atoms with Crippen molar-refractivity contribution in [2.45, 2.75) is 31.4 Å². The molecule has 2 rings (SSSR count). The Bertz CT molecular complexity index is 236. The smallest absolute Gasteiger partial charge is 0.248 e. The van der Waals surface area contributed by atoms with E-state index in [1.54, 1.807) is 0 Å². The largest absolute Gasteiger partial charge is 0.363 e. The summed E-state index contributed by atoms with van der Waals surface area (Å²) >= 11 is 0. The van der Waals surface area contributed by atoms with E-state index in [2.05, 4.69) is 12.2 Å². The van der Waals surface area contributed by atoms with Crippen molar-refractivity contribution in [3.05, 3.63) is 0 Å². The number of likely N-dealkylation sites (N-methyl/N-ethyl adjacent to an activating group) is 1. The average molecular weight is 198 g/mol. The highest BCUT2D eigenvalue weighted by Gasteiger charge is 2.45. The van der Waals surface area contributed by atoms with Crippen LogP contribution < -0.4 is 5.32 Å². The molecule has 2 aliphatic rings. The lowest BCUT2D eigenvalue weighted by atomic mass is 9.83. The minimum Gasteiger partial charge on any atom is -0.363 e. The zero-order chi connectivity index (χ0) is 10.2. The van der Waals surface area contributed by atoms with Crippen molar-refractivity contribution in [1.82, 2.24) is 10.2 Å². The Balaban J connectivity index is 2.14. The Morgan fingerprint density at radius 1 is 1.50 bits per heavy atom. The van der Waals surface area contributed by atoms with E-state index >= 15 is 0 Å². The average Bonchev–Trinajstić information content (AvgIpc) is 2.23. The van der Waals surface area contributed by atoms with E-state index in [4.69, 9.17) is 4.74 Å². The SMILES string of the molecule is CC1N(C)C(=O)COC12CCNCC2. The first-order valence-corrected chi connectivity index (χ1v) is 5.26. The summed E-state index contributed by atoms with van der Waals surface area (Å²) in [7, 11) is 1.87. The number of rotatable bonds is 0. The van der Waals surface area contributed by atoms with Crippen LogP contribution in [0.2, 0.25) is 0 Å². The van der Waals surface area contributed by atoms with Crippen LogP contribution in [0.3, 0.4) is 0 Å². The summed E-state index contributed by atoms with van der Waals surface area (Å²) in [5, 5.41) is 3.32. The van der Waals surface area contributed by atoms with E-state index in [9.17, 15) is 4.79 Å². The van der Waals surface area contributed by atoms with E-state index in [0.717, 1.165) is 25.9 Å². The molecule has 0 aromatic carbocycles. The summed E-state index contributed by atoms with van der Waals surface area (Å²) in [6.07, 6.45) is 2.01. The van der Waals surface area contributed by atoms with Crippen LogP contribution in [0.4, 0.5) is 0 Å². The molecule has 4 heteroatoms. The Labute approximate surface area is 84.6 Å². The molecule has 0 aromatic heterocycles. The van der Waals surface area contributed by atoms with Crippen molar-refractivity contribution in [3.8, 4) is 0 Å². The van der Waals surface area contributed by atoms with Crippen LogP contribution >= 0.6 is 0 Å². The molecular weight excluding hydrogens is 180 g/mol. The molecule has 80 valence electrons. The Hall–Kier alpha value is -0.610. The number of carbonyl (C=O) groups is 1. The van der Waals surface area contributed by atoms with Crippen molar-refractivity contribution in [1.29, 1.82) is 0 Å². The first-order valence-electron chi connectivity index (χ1n) is 5.26. The maximum atomic E-state index is 11.4. The standard InChI is InChI=1S/C10H18N2O2/c1-8-10(3-5-11-6-4-10)14-7-9(13)12(8)2/h8,11H,3-7H2,1-2H3. The lowest BCUT2D eigenvalue weighted by molar-refractivity contribution is -0.178. The molecule has 2 aliphatic heterocycles. The second-order valence-electron chi connectivity index (χ2n) is 4.28. The van der Waals surface area contributed by atoms with Gasteiger partial charge in [-0.25, -0.2) is 0 Å². The molecule has 1 atom stereocenters. The number of nitrogens with one attached hydrogen (secondary N) is 1. The number of amides is 1. The first kappa shape index (κ1) is 9.93. The molecule has 1 unspecified atom stereocenters. The molecule has 1 spiro atoms. The second-order valence-corrected chi connectivity index (χ2v) is 4.28. The van der Waals surface area contributed by atoms with Gasteiger partial charge in [0.1, 0.15) is 6.61 Å². The molecule has 2 saturated heterocycles. The van der Waals surface area contributed by atoms with Gasteiger partial charge in [-0.2, -0.15) is 0 Å². The van der Waals surface area contributed by atoms with E-state index in [0.29, 0.717) is 0 Å². The van der Waals surface area contributed by atoms with E-state index in [-0.39, 0.29) is 24.2 Å². The van der Waals surface area contributed by atoms with Crippen molar-refractivity contribution in [2.75, 3.05) is 26.7 Å². The third-order valence-electron chi connectivity index (χ3n) is 3.67. The topological polar surface area (TPSA) is 41.6 Å². The monoisotopic (exact) mass is 198 g/mol. The fraction of sp³-hybridized carbons (Fsp3) is 0.900. The van der Waals surface area contributed by atoms with Gasteiger partial charge in [-0.1, -0.05) is 0 Å². The van der Waals surface area contributed by atoms with Gasteiger partial charge in [0.05, 0.1) is 11.6 Å². The maximum absolute atomic E-state index is 11.4. The number of ether oxygens (including phenoxy) is 1. The summed E-state index contributed by atoms with van der Waals surface area (Å²) < 4.78 is 5.77. The maximum Gasteiger partial charge on any atom is 0.248 e. The van der Waals surface area contributed by atoms with Crippen LogP contribution in [0, 0.1) is 0 Å². The van der Waals surface area contributed by atoms with Crippen LogP contribution in [-0.2, 0) is 9.53 Å². The third-order valence-corrected chi connectivity index (χ3v) is 3.67. The van der Waals surface area contributed by atoms with Crippen LogP contribution in [0.15, 0.2) is 0 Å². The minimum absolute atomic E-state index is 0.0894. The number of piperidine rings is 1. The molecule has 4 nitrogen and oxygen atoms in total. The lowest BCUT2D eigenvalue weighted by Gasteiger charge is -2.48. The van der Waals surface area contributed by atoms with Crippen LogP contribution in [0.5, 0.6) is 0 Å². The van der Waals surface area contributed by atoms with Gasteiger partial charge in [0.25, 0.3) is 0 Å². The van der Waals surface area contributed by atoms with Gasteiger partial charge in [0, 0.05) is 7.05 Å². The molecule has 2 heterocycles. The number of carbonyl (C=O) groups excluding carboxylic acids is 1. The van der Waals surface area contributed by atoms with Crippen LogP contribution in [0.25, 0.3) is 0 Å². The van der Waals surface area contributed by atoms with Gasteiger partial charge in [-0.15, -0.1) is 0 Å². The fourth-order valence-corrected chi connectivity index (χ4v) is 2.41. The molecule has 1 amide bonds. The van der Waals surface area contributed by atoms with Gasteiger partial charge in [-0.3, -0.25) is 4.79 Å². The Morgan fingerprint density at radius 3 is 2.79 bits per heavy atom. The van der Waals surface area contributed by atoms with E-state index in [1.165, 1.54) is 0 Å². The number of morpholine rings is 1. The van der Waals surface area contributed by atoms with Crippen LogP contribution in [0.1, 0.15) is 19.8 Å². The predicted molar refractivity (Wildman–Crippen MR) is 53.0 cm³/mol. The van der Waals surface area contributed by atoms with Crippen molar-refractivity contribution < 1.29 is 9.53 Å². The summed E-state index contributed by atoms with van der Waals surface area (Å²) in [6.45, 7) is 4.32. The van der Waals surface area contributed by atoms with Gasteiger partial charge >= 0.3 is 0 Å². The molecule has 0 bridgehead atoms. The molecule has 1 N–H and O–H groups in total. The van der Waals surface area contributed by atoms with Crippen molar-refractivity contribution in [2.24, 2.45) is 0 Å². The molecule has 0 radical (unpaired) electrons. The van der Waals surface area contributed by atoms with Gasteiger partial charge in [-0.05, 0) is 32.9 Å². The fourth-order valence-electron chi connectivity index (χ4n) is 2.41. The molecule has 0 saturated carbocycles. The number of nitrogens with zero attached hydrogens (tertiary/aromatic N) is 1. The molecule has 2 fully saturated rings. The normalized spacial score (nSPS) is 32.3. The first-order chi connectivity index (χ1) is 6.66. The predicted octanol–water partition coefficient (Wildman–Crippen LogP) is -0.0143. The Morgan fingerprint density at radius 2 is 2.14 bits per heavy atom. The molecule has 14 heavy (non-hydrogen) atoms. The zero-order valence-electron chi connectivity index (χ0n) is 8.88. The second kappa shape index (κ2) is 3.51. The summed E-state index contributed by atoms with van der Waals surface area (Å²) in [5.74, 6) is 0.0988. The summed E-state index contributed by atoms with van der Waals surface area (Å²) in [6, 6.07) is 0.200. The van der Waals surface area contributed by atoms with E-state index in [1.807, 2.05) is 11.9 Å². The zero-order valence-corrected chi connectivity index (χ0v) is 8.88. The van der Waals surface area contributed by atoms with Gasteiger partial charge < -0.3 is 15.0 Å². The number of hydrogen-bond donors (Lipinski definition) is 1. The number of hydrogen-bond acceptors (Lipinski definition) is 3. The molecule has 0 aliphatic carbocycles. The third kappa shape index (κ3) is 1.42. The van der Waals surface area contributed by atoms with Crippen molar-refractivity contribution >= 4 is 5.91 Å².